The van der Waals surface area contributed by atoms with Crippen molar-refractivity contribution in [3.05, 3.63) is 16.1 Å². The van der Waals surface area contributed by atoms with Gasteiger partial charge in [-0.1, -0.05) is 0 Å². The number of nitrogens with zero attached hydrogens (tertiary/aromatic N) is 1. The van der Waals surface area contributed by atoms with E-state index in [-0.39, 0.29) is 11.7 Å². The molecule has 0 unspecified atom stereocenters. The molecule has 0 aliphatic rings. The quantitative estimate of drug-likeness (QED) is 0.523. The average molecular weight is 267 g/mol. The van der Waals surface area contributed by atoms with Crippen LogP contribution in [0.15, 0.2) is 5.38 Å². The van der Waals surface area contributed by atoms with Gasteiger partial charge < -0.3 is 15.7 Å². The van der Waals surface area contributed by atoms with Crippen molar-refractivity contribution in [3.8, 4) is 12.3 Å². The molecule has 1 rings (SSSR count). The summed E-state index contributed by atoms with van der Waals surface area (Å²) >= 11 is 1.26. The van der Waals surface area contributed by atoms with Crippen molar-refractivity contribution < 1.29 is 14.7 Å². The lowest BCUT2D eigenvalue weighted by molar-refractivity contribution is 0.0691. The van der Waals surface area contributed by atoms with E-state index < -0.39 is 5.97 Å². The summed E-state index contributed by atoms with van der Waals surface area (Å²) in [7, 11) is 0. The molecule has 0 aromatic carbocycles. The van der Waals surface area contributed by atoms with E-state index in [1.165, 1.54) is 16.7 Å². The first kappa shape index (κ1) is 14.0. The minimum Gasteiger partial charge on any atom is -0.476 e. The van der Waals surface area contributed by atoms with E-state index in [9.17, 15) is 9.59 Å². The minimum absolute atomic E-state index is 0.0356. The highest BCUT2D eigenvalue weighted by molar-refractivity contribution is 7.09. The second kappa shape index (κ2) is 7.29. The molecule has 0 fully saturated rings. The number of thiazole rings is 1. The molecule has 3 N–H and O–H groups in total. The zero-order valence-electron chi connectivity index (χ0n) is 9.60. The minimum atomic E-state index is -1.04. The number of hydrogen-bond acceptors (Lipinski definition) is 4. The van der Waals surface area contributed by atoms with Gasteiger partial charge in [0.2, 0.25) is 0 Å². The van der Waals surface area contributed by atoms with E-state index in [4.69, 9.17) is 11.5 Å². The van der Waals surface area contributed by atoms with Crippen molar-refractivity contribution in [2.24, 2.45) is 0 Å². The zero-order chi connectivity index (χ0) is 13.4. The van der Waals surface area contributed by atoms with Crippen LogP contribution in [0.2, 0.25) is 0 Å². The van der Waals surface area contributed by atoms with Gasteiger partial charge in [-0.15, -0.1) is 23.7 Å². The van der Waals surface area contributed by atoms with E-state index in [2.05, 4.69) is 21.5 Å². The molecule has 7 heteroatoms. The van der Waals surface area contributed by atoms with Crippen molar-refractivity contribution >= 4 is 23.3 Å². The van der Waals surface area contributed by atoms with Crippen molar-refractivity contribution in [2.75, 3.05) is 13.1 Å². The smallest absolute Gasteiger partial charge is 0.355 e. The molecule has 1 aromatic rings. The van der Waals surface area contributed by atoms with Crippen LogP contribution in [0.5, 0.6) is 0 Å². The lowest BCUT2D eigenvalue weighted by Crippen LogP contribution is -2.36. The first-order chi connectivity index (χ1) is 8.63. The summed E-state index contributed by atoms with van der Waals surface area (Å²) in [5.41, 5.74) is 0.0356. The standard InChI is InChI=1S/C11H13N3O3S/c1-2-3-5-12-11(17)13-6-4-9-14-8(7-18-9)10(15)16/h1,7H,3-6H2,(H,15,16)(H2,12,13,17). The normalized spacial score (nSPS) is 9.50. The first-order valence-corrected chi connectivity index (χ1v) is 6.14. The van der Waals surface area contributed by atoms with Crippen LogP contribution in [0.1, 0.15) is 21.9 Å². The Hall–Kier alpha value is -2.07. The number of carboxylic acids is 1. The SMILES string of the molecule is C#CCCNC(=O)NCCc1nc(C(=O)O)cs1. The van der Waals surface area contributed by atoms with Crippen LogP contribution in [0.3, 0.4) is 0 Å². The Morgan fingerprint density at radius 2 is 2.17 bits per heavy atom. The van der Waals surface area contributed by atoms with Crippen LogP contribution in [0.4, 0.5) is 4.79 Å². The number of rotatable bonds is 6. The maximum atomic E-state index is 11.2. The number of aromatic nitrogens is 1. The van der Waals surface area contributed by atoms with Crippen molar-refractivity contribution in [1.82, 2.24) is 15.6 Å². The van der Waals surface area contributed by atoms with Crippen LogP contribution in [-0.4, -0.2) is 35.2 Å². The van der Waals surface area contributed by atoms with Crippen molar-refractivity contribution in [1.29, 1.82) is 0 Å². The first-order valence-electron chi connectivity index (χ1n) is 5.26. The molecule has 0 radical (unpaired) electrons. The number of terminal acetylenes is 1. The molecule has 0 spiro atoms. The van der Waals surface area contributed by atoms with E-state index >= 15 is 0 Å². The number of carbonyl (C=O) groups excluding carboxylic acids is 1. The number of hydrogen-bond donors (Lipinski definition) is 3. The van der Waals surface area contributed by atoms with Gasteiger partial charge in [-0.2, -0.15) is 0 Å². The molecule has 0 aliphatic heterocycles. The second-order valence-electron chi connectivity index (χ2n) is 3.32. The summed E-state index contributed by atoms with van der Waals surface area (Å²) in [6.07, 6.45) is 6.03. The topological polar surface area (TPSA) is 91.3 Å². The third-order valence-electron chi connectivity index (χ3n) is 1.95. The number of aromatic carboxylic acids is 1. The predicted molar refractivity (Wildman–Crippen MR) is 67.6 cm³/mol. The largest absolute Gasteiger partial charge is 0.476 e. The highest BCUT2D eigenvalue weighted by atomic mass is 32.1. The van der Waals surface area contributed by atoms with Crippen LogP contribution in [0.25, 0.3) is 0 Å². The number of amides is 2. The van der Waals surface area contributed by atoms with Crippen molar-refractivity contribution in [2.45, 2.75) is 12.8 Å². The van der Waals surface area contributed by atoms with E-state index in [1.807, 2.05) is 0 Å². The molecule has 96 valence electrons. The van der Waals surface area contributed by atoms with Gasteiger partial charge in [-0.25, -0.2) is 14.6 Å². The Labute approximate surface area is 108 Å². The molecule has 0 bridgehead atoms. The van der Waals surface area contributed by atoms with Crippen LogP contribution < -0.4 is 10.6 Å². The molecule has 1 aromatic heterocycles. The molecule has 0 atom stereocenters. The Balaban J connectivity index is 2.22. The number of carbonyl (C=O) groups is 2. The van der Waals surface area contributed by atoms with E-state index in [0.717, 1.165) is 0 Å². The lowest BCUT2D eigenvalue weighted by Gasteiger charge is -2.04. The Bertz CT molecular complexity index is 464. The van der Waals surface area contributed by atoms with Gasteiger partial charge in [0.15, 0.2) is 5.69 Å². The molecule has 1 heterocycles. The number of urea groups is 1. The summed E-state index contributed by atoms with van der Waals surface area (Å²) in [5.74, 6) is 1.37. The Morgan fingerprint density at radius 1 is 1.44 bits per heavy atom. The van der Waals surface area contributed by atoms with E-state index in [1.54, 1.807) is 0 Å². The van der Waals surface area contributed by atoms with Gasteiger partial charge in [0, 0.05) is 31.3 Å². The van der Waals surface area contributed by atoms with E-state index in [0.29, 0.717) is 30.9 Å². The molecule has 0 saturated carbocycles. The molecule has 2 amide bonds. The maximum absolute atomic E-state index is 11.2. The molecular formula is C11H13N3O3S. The number of carboxylic acid groups (broad SMARTS) is 1. The van der Waals surface area contributed by atoms with Gasteiger partial charge in [0.1, 0.15) is 0 Å². The fraction of sp³-hybridized carbons (Fsp3) is 0.364. The second-order valence-corrected chi connectivity index (χ2v) is 4.26. The highest BCUT2D eigenvalue weighted by Crippen LogP contribution is 2.09. The fourth-order valence-electron chi connectivity index (χ4n) is 1.12. The monoisotopic (exact) mass is 267 g/mol. The molecule has 18 heavy (non-hydrogen) atoms. The summed E-state index contributed by atoms with van der Waals surface area (Å²) < 4.78 is 0. The van der Waals surface area contributed by atoms with Crippen LogP contribution in [0, 0.1) is 12.3 Å². The van der Waals surface area contributed by atoms with Gasteiger partial charge in [0.05, 0.1) is 5.01 Å². The summed E-state index contributed by atoms with van der Waals surface area (Å²) in [5, 5.41) is 16.1. The predicted octanol–water partition coefficient (Wildman–Crippen LogP) is 0.706. The summed E-state index contributed by atoms with van der Waals surface area (Å²) in [4.78, 5) is 25.7. The third kappa shape index (κ3) is 4.84. The Morgan fingerprint density at radius 3 is 2.78 bits per heavy atom. The van der Waals surface area contributed by atoms with Crippen LogP contribution in [-0.2, 0) is 6.42 Å². The fourth-order valence-corrected chi connectivity index (χ4v) is 1.89. The maximum Gasteiger partial charge on any atom is 0.355 e. The summed E-state index contributed by atoms with van der Waals surface area (Å²) in [6, 6.07) is -0.291. The van der Waals surface area contributed by atoms with Gasteiger partial charge in [-0.3, -0.25) is 0 Å². The molecule has 0 aliphatic carbocycles. The van der Waals surface area contributed by atoms with Gasteiger partial charge in [0.25, 0.3) is 0 Å². The van der Waals surface area contributed by atoms with Gasteiger partial charge in [-0.05, 0) is 0 Å². The zero-order valence-corrected chi connectivity index (χ0v) is 10.4. The molecular weight excluding hydrogens is 254 g/mol. The summed E-state index contributed by atoms with van der Waals surface area (Å²) in [6.45, 7) is 0.831. The average Bonchev–Trinajstić information content (AvgIpc) is 2.78. The van der Waals surface area contributed by atoms with Crippen LogP contribution >= 0.6 is 11.3 Å². The Kier molecular flexibility index (Phi) is 5.67. The number of nitrogens with one attached hydrogen (secondary N) is 2. The highest BCUT2D eigenvalue weighted by Gasteiger charge is 2.08. The molecule has 0 saturated heterocycles. The lowest BCUT2D eigenvalue weighted by atomic mass is 10.4. The molecule has 6 nitrogen and oxygen atoms in total. The van der Waals surface area contributed by atoms with Crippen molar-refractivity contribution in [3.63, 3.8) is 0 Å². The third-order valence-corrected chi connectivity index (χ3v) is 2.86. The van der Waals surface area contributed by atoms with Gasteiger partial charge >= 0.3 is 12.0 Å².